The van der Waals surface area contributed by atoms with Gasteiger partial charge in [0.1, 0.15) is 5.82 Å². The highest BCUT2D eigenvalue weighted by molar-refractivity contribution is 7.08. The van der Waals surface area contributed by atoms with E-state index in [1.54, 1.807) is 23.5 Å². The fourth-order valence-corrected chi connectivity index (χ4v) is 4.08. The first-order valence-corrected chi connectivity index (χ1v) is 9.40. The van der Waals surface area contributed by atoms with Gasteiger partial charge in [0.05, 0.1) is 5.41 Å². The number of nitrogens with zero attached hydrogens (tertiary/aromatic N) is 2. The second-order valence-corrected chi connectivity index (χ2v) is 7.18. The maximum Gasteiger partial charge on any atom is 0.317 e. The third-order valence-electron chi connectivity index (χ3n) is 4.82. The maximum absolute atomic E-state index is 13.2. The van der Waals surface area contributed by atoms with E-state index in [1.165, 1.54) is 12.1 Å². The lowest BCUT2D eigenvalue weighted by molar-refractivity contribution is -0.152. The van der Waals surface area contributed by atoms with Gasteiger partial charge in [-0.25, -0.2) is 4.39 Å². The van der Waals surface area contributed by atoms with Crippen molar-refractivity contribution in [2.24, 2.45) is 0 Å². The van der Waals surface area contributed by atoms with Crippen LogP contribution < -0.4 is 0 Å². The zero-order valence-corrected chi connectivity index (χ0v) is 14.8. The first-order chi connectivity index (χ1) is 12.7. The summed E-state index contributed by atoms with van der Waals surface area (Å²) >= 11 is 1.54. The van der Waals surface area contributed by atoms with Crippen molar-refractivity contribution >= 4 is 17.3 Å². The molecule has 26 heavy (non-hydrogen) atoms. The molecule has 3 aromatic rings. The molecule has 0 amide bonds. The van der Waals surface area contributed by atoms with E-state index in [4.69, 9.17) is 9.26 Å². The lowest BCUT2D eigenvalue weighted by Gasteiger charge is -2.26. The Morgan fingerprint density at radius 2 is 2.00 bits per heavy atom. The van der Waals surface area contributed by atoms with Crippen LogP contribution in [0.1, 0.15) is 37.1 Å². The molecule has 0 unspecified atom stereocenters. The molecule has 0 N–H and O–H groups in total. The van der Waals surface area contributed by atoms with Gasteiger partial charge in [0.15, 0.2) is 6.61 Å². The standard InChI is InChI=1S/C19H17FN2O3S/c20-15-5-3-14(4-6-15)19(8-1-2-9-19)18(23)24-11-16-21-17(22-25-16)13-7-10-26-12-13/h3-7,10,12H,1-2,8-9,11H2. The molecule has 5 nitrogen and oxygen atoms in total. The molecule has 0 radical (unpaired) electrons. The van der Waals surface area contributed by atoms with Crippen molar-refractivity contribution in [2.75, 3.05) is 0 Å². The Morgan fingerprint density at radius 1 is 1.23 bits per heavy atom. The van der Waals surface area contributed by atoms with Crippen LogP contribution in [-0.2, 0) is 21.6 Å². The summed E-state index contributed by atoms with van der Waals surface area (Å²) in [5.41, 5.74) is 0.949. The molecule has 1 aliphatic carbocycles. The molecule has 1 aliphatic rings. The molecular weight excluding hydrogens is 355 g/mol. The molecule has 2 aromatic heterocycles. The predicted octanol–water partition coefficient (Wildman–Crippen LogP) is 4.49. The van der Waals surface area contributed by atoms with E-state index in [2.05, 4.69) is 10.1 Å². The number of benzene rings is 1. The first kappa shape index (κ1) is 16.9. The number of ether oxygens (including phenoxy) is 1. The normalized spacial score (nSPS) is 15.9. The van der Waals surface area contributed by atoms with Gasteiger partial charge < -0.3 is 9.26 Å². The number of esters is 1. The van der Waals surface area contributed by atoms with Crippen LogP contribution in [0.3, 0.4) is 0 Å². The largest absolute Gasteiger partial charge is 0.455 e. The highest BCUT2D eigenvalue weighted by Gasteiger charge is 2.44. The van der Waals surface area contributed by atoms with Gasteiger partial charge in [0.25, 0.3) is 5.89 Å². The molecule has 0 spiro atoms. The minimum atomic E-state index is -0.718. The molecule has 0 aliphatic heterocycles. The van der Waals surface area contributed by atoms with Gasteiger partial charge in [0, 0.05) is 10.9 Å². The smallest absolute Gasteiger partial charge is 0.317 e. The van der Waals surface area contributed by atoms with Gasteiger partial charge in [-0.05, 0) is 42.0 Å². The maximum atomic E-state index is 13.2. The Bertz CT molecular complexity index is 884. The molecule has 1 saturated carbocycles. The van der Waals surface area contributed by atoms with Crippen molar-refractivity contribution in [1.82, 2.24) is 10.1 Å². The number of carbonyl (C=O) groups excluding carboxylic acids is 1. The molecule has 0 saturated heterocycles. The van der Waals surface area contributed by atoms with Crippen molar-refractivity contribution < 1.29 is 18.4 Å². The lowest BCUT2D eigenvalue weighted by Crippen LogP contribution is -2.34. The number of hydrogen-bond donors (Lipinski definition) is 0. The molecular formula is C19H17FN2O3S. The molecule has 0 bridgehead atoms. The van der Waals surface area contributed by atoms with Gasteiger partial charge >= 0.3 is 5.97 Å². The summed E-state index contributed by atoms with van der Waals surface area (Å²) < 4.78 is 23.9. The van der Waals surface area contributed by atoms with Crippen molar-refractivity contribution in [1.29, 1.82) is 0 Å². The van der Waals surface area contributed by atoms with E-state index >= 15 is 0 Å². The summed E-state index contributed by atoms with van der Waals surface area (Å²) in [5.74, 6) is 0.0946. The zero-order valence-electron chi connectivity index (χ0n) is 14.0. The summed E-state index contributed by atoms with van der Waals surface area (Å²) in [6, 6.07) is 8.00. The Kier molecular flexibility index (Phi) is 4.55. The molecule has 0 atom stereocenters. The van der Waals surface area contributed by atoms with E-state index in [0.717, 1.165) is 24.0 Å². The minimum absolute atomic E-state index is 0.0705. The topological polar surface area (TPSA) is 65.2 Å². The SMILES string of the molecule is O=C(OCc1nc(-c2ccsc2)no1)C1(c2ccc(F)cc2)CCCC1. The van der Waals surface area contributed by atoms with Crippen LogP contribution in [0.4, 0.5) is 4.39 Å². The second kappa shape index (κ2) is 6.99. The Labute approximate surface area is 153 Å². The summed E-state index contributed by atoms with van der Waals surface area (Å²) in [6.07, 6.45) is 3.27. The Balaban J connectivity index is 1.48. The van der Waals surface area contributed by atoms with Crippen LogP contribution in [0.25, 0.3) is 11.4 Å². The van der Waals surface area contributed by atoms with Crippen molar-refractivity contribution in [3.8, 4) is 11.4 Å². The minimum Gasteiger partial charge on any atom is -0.455 e. The Morgan fingerprint density at radius 3 is 2.69 bits per heavy atom. The molecule has 7 heteroatoms. The van der Waals surface area contributed by atoms with Gasteiger partial charge in [-0.15, -0.1) is 0 Å². The van der Waals surface area contributed by atoms with Crippen molar-refractivity contribution in [3.05, 3.63) is 58.4 Å². The van der Waals surface area contributed by atoms with Crippen LogP contribution in [0.15, 0.2) is 45.6 Å². The van der Waals surface area contributed by atoms with Crippen LogP contribution in [0.5, 0.6) is 0 Å². The summed E-state index contributed by atoms with van der Waals surface area (Å²) in [5, 5.41) is 7.75. The zero-order chi connectivity index (χ0) is 18.0. The monoisotopic (exact) mass is 372 g/mol. The van der Waals surface area contributed by atoms with E-state index < -0.39 is 5.41 Å². The van der Waals surface area contributed by atoms with E-state index in [-0.39, 0.29) is 24.3 Å². The first-order valence-electron chi connectivity index (χ1n) is 8.46. The summed E-state index contributed by atoms with van der Waals surface area (Å²) in [4.78, 5) is 17.1. The lowest BCUT2D eigenvalue weighted by atomic mass is 9.79. The predicted molar refractivity (Wildman–Crippen MR) is 94.0 cm³/mol. The molecule has 1 aromatic carbocycles. The fraction of sp³-hybridized carbons (Fsp3) is 0.316. The van der Waals surface area contributed by atoms with Gasteiger partial charge in [-0.2, -0.15) is 16.3 Å². The van der Waals surface area contributed by atoms with Crippen molar-refractivity contribution in [2.45, 2.75) is 37.7 Å². The number of thiophene rings is 1. The molecule has 4 rings (SSSR count). The van der Waals surface area contributed by atoms with Gasteiger partial charge in [-0.1, -0.05) is 30.1 Å². The number of hydrogen-bond acceptors (Lipinski definition) is 6. The average molecular weight is 372 g/mol. The van der Waals surface area contributed by atoms with Crippen LogP contribution >= 0.6 is 11.3 Å². The number of halogens is 1. The number of rotatable bonds is 5. The van der Waals surface area contributed by atoms with E-state index in [9.17, 15) is 9.18 Å². The van der Waals surface area contributed by atoms with Gasteiger partial charge in [0.2, 0.25) is 5.82 Å². The molecule has 2 heterocycles. The third kappa shape index (κ3) is 3.14. The molecule has 1 fully saturated rings. The number of aromatic nitrogens is 2. The highest BCUT2D eigenvalue weighted by atomic mass is 32.1. The fourth-order valence-electron chi connectivity index (χ4n) is 3.45. The Hall–Kier alpha value is -2.54. The molecule has 134 valence electrons. The van der Waals surface area contributed by atoms with Crippen LogP contribution in [-0.4, -0.2) is 16.1 Å². The number of carbonyl (C=O) groups is 1. The van der Waals surface area contributed by atoms with Crippen LogP contribution in [0, 0.1) is 5.82 Å². The summed E-state index contributed by atoms with van der Waals surface area (Å²) in [7, 11) is 0. The van der Waals surface area contributed by atoms with Crippen LogP contribution in [0.2, 0.25) is 0 Å². The quantitative estimate of drug-likeness (QED) is 0.617. The second-order valence-electron chi connectivity index (χ2n) is 6.40. The average Bonchev–Trinajstić information content (AvgIpc) is 3.41. The highest BCUT2D eigenvalue weighted by Crippen LogP contribution is 2.42. The van der Waals surface area contributed by atoms with E-state index in [0.29, 0.717) is 18.7 Å². The van der Waals surface area contributed by atoms with Gasteiger partial charge in [-0.3, -0.25) is 4.79 Å². The summed E-state index contributed by atoms with van der Waals surface area (Å²) in [6.45, 7) is -0.0705. The van der Waals surface area contributed by atoms with Crippen molar-refractivity contribution in [3.63, 3.8) is 0 Å². The van der Waals surface area contributed by atoms with E-state index in [1.807, 2.05) is 16.8 Å². The third-order valence-corrected chi connectivity index (χ3v) is 5.50.